The van der Waals surface area contributed by atoms with Crippen LogP contribution in [0.25, 0.3) is 0 Å². The minimum absolute atomic E-state index is 0.0317. The van der Waals surface area contributed by atoms with E-state index in [0.29, 0.717) is 22.7 Å². The molecule has 0 atom stereocenters. The third-order valence-electron chi connectivity index (χ3n) is 5.57. The van der Waals surface area contributed by atoms with Gasteiger partial charge in [-0.25, -0.2) is 4.90 Å². The summed E-state index contributed by atoms with van der Waals surface area (Å²) in [6, 6.07) is 25.9. The van der Waals surface area contributed by atoms with Crippen molar-refractivity contribution in [2.45, 2.75) is 0 Å². The number of rotatable bonds is 6. The van der Waals surface area contributed by atoms with Crippen molar-refractivity contribution in [3.63, 3.8) is 0 Å². The average Bonchev–Trinajstić information content (AvgIpc) is 3.15. The lowest BCUT2D eigenvalue weighted by molar-refractivity contribution is -0.385. The van der Waals surface area contributed by atoms with Gasteiger partial charge in [0, 0.05) is 17.3 Å². The Morgan fingerprint density at radius 1 is 0.778 bits per heavy atom. The monoisotopic (exact) mass is 479 g/mol. The Balaban J connectivity index is 1.28. The minimum atomic E-state index is -0.780. The molecule has 3 amide bonds. The summed E-state index contributed by atoms with van der Waals surface area (Å²) >= 11 is 0. The molecule has 0 saturated heterocycles. The third-order valence-corrected chi connectivity index (χ3v) is 5.57. The molecule has 0 unspecified atom stereocenters. The number of hydrogen-bond donors (Lipinski definition) is 1. The predicted octanol–water partition coefficient (Wildman–Crippen LogP) is 5.44. The average molecular weight is 479 g/mol. The molecule has 4 aromatic rings. The summed E-state index contributed by atoms with van der Waals surface area (Å²) < 4.78 is 5.74. The number of carbonyl (C=O) groups excluding carboxylic acids is 3. The maximum absolute atomic E-state index is 12.8. The molecule has 1 heterocycles. The Kier molecular flexibility index (Phi) is 5.71. The summed E-state index contributed by atoms with van der Waals surface area (Å²) in [6.45, 7) is 0. The van der Waals surface area contributed by atoms with Gasteiger partial charge in [0.05, 0.1) is 16.2 Å². The van der Waals surface area contributed by atoms with E-state index in [-0.39, 0.29) is 16.8 Å². The van der Waals surface area contributed by atoms with Gasteiger partial charge < -0.3 is 10.1 Å². The van der Waals surface area contributed by atoms with Crippen molar-refractivity contribution >= 4 is 34.8 Å². The van der Waals surface area contributed by atoms with Gasteiger partial charge in [-0.3, -0.25) is 24.5 Å². The molecule has 1 aliphatic heterocycles. The summed E-state index contributed by atoms with van der Waals surface area (Å²) in [7, 11) is 0. The molecule has 176 valence electrons. The Morgan fingerprint density at radius 3 is 2.11 bits per heavy atom. The van der Waals surface area contributed by atoms with E-state index in [1.807, 2.05) is 30.3 Å². The van der Waals surface area contributed by atoms with Crippen LogP contribution in [-0.4, -0.2) is 22.6 Å². The van der Waals surface area contributed by atoms with Crippen LogP contribution in [0.2, 0.25) is 0 Å². The van der Waals surface area contributed by atoms with Crippen LogP contribution in [0.1, 0.15) is 31.1 Å². The molecule has 0 aromatic heterocycles. The highest BCUT2D eigenvalue weighted by molar-refractivity contribution is 6.35. The first-order chi connectivity index (χ1) is 17.4. The first kappa shape index (κ1) is 22.5. The molecule has 1 aliphatic rings. The Labute approximate surface area is 204 Å². The number of anilines is 2. The van der Waals surface area contributed by atoms with E-state index in [9.17, 15) is 24.5 Å². The van der Waals surface area contributed by atoms with E-state index in [1.165, 1.54) is 42.5 Å². The van der Waals surface area contributed by atoms with Gasteiger partial charge in [0.1, 0.15) is 17.1 Å². The van der Waals surface area contributed by atoms with Gasteiger partial charge in [-0.1, -0.05) is 24.3 Å². The van der Waals surface area contributed by atoms with Gasteiger partial charge in [-0.05, 0) is 66.7 Å². The molecule has 4 aromatic carbocycles. The van der Waals surface area contributed by atoms with E-state index in [2.05, 4.69) is 5.32 Å². The van der Waals surface area contributed by atoms with E-state index in [1.54, 1.807) is 24.3 Å². The van der Waals surface area contributed by atoms with Crippen LogP contribution in [-0.2, 0) is 0 Å². The van der Waals surface area contributed by atoms with E-state index in [4.69, 9.17) is 4.74 Å². The first-order valence-corrected chi connectivity index (χ1v) is 10.8. The van der Waals surface area contributed by atoms with Crippen LogP contribution >= 0.6 is 0 Å². The van der Waals surface area contributed by atoms with Gasteiger partial charge in [0.25, 0.3) is 23.4 Å². The summed E-state index contributed by atoms with van der Waals surface area (Å²) in [5.41, 5.74) is 0.354. The number of hydrogen-bond acceptors (Lipinski definition) is 6. The number of carbonyl (C=O) groups is 3. The molecule has 0 saturated carbocycles. The van der Waals surface area contributed by atoms with Gasteiger partial charge >= 0.3 is 0 Å². The zero-order chi connectivity index (χ0) is 25.2. The maximum Gasteiger partial charge on any atom is 0.283 e. The van der Waals surface area contributed by atoms with Crippen LogP contribution in [0.15, 0.2) is 97.1 Å². The fraction of sp³-hybridized carbons (Fsp3) is 0. The van der Waals surface area contributed by atoms with Crippen molar-refractivity contribution in [3.05, 3.63) is 124 Å². The number of nitrogens with one attached hydrogen (secondary N) is 1. The molecule has 0 spiro atoms. The molecular weight excluding hydrogens is 462 g/mol. The molecular formula is C27H17N3O6. The van der Waals surface area contributed by atoms with Crippen LogP contribution in [0.4, 0.5) is 17.1 Å². The zero-order valence-electron chi connectivity index (χ0n) is 18.6. The van der Waals surface area contributed by atoms with Crippen molar-refractivity contribution in [1.82, 2.24) is 0 Å². The fourth-order valence-corrected chi connectivity index (χ4v) is 3.85. The number of nitrogens with zero attached hydrogens (tertiary/aromatic N) is 2. The van der Waals surface area contributed by atoms with Crippen molar-refractivity contribution in [1.29, 1.82) is 0 Å². The minimum Gasteiger partial charge on any atom is -0.457 e. The summed E-state index contributed by atoms with van der Waals surface area (Å²) in [5, 5.41) is 14.1. The molecule has 0 bridgehead atoms. The fourth-order valence-electron chi connectivity index (χ4n) is 3.85. The lowest BCUT2D eigenvalue weighted by Crippen LogP contribution is -2.29. The van der Waals surface area contributed by atoms with Crippen LogP contribution in [0.3, 0.4) is 0 Å². The standard InChI is InChI=1S/C27H17N3O6/c31-25(28-18-11-15-21(16-12-18)36-20-5-2-1-3-6-20)17-9-13-19(14-10-17)29-26(32)22-7-4-8-23(30(34)35)24(22)27(29)33/h1-16H,(H,28,31). The molecule has 0 radical (unpaired) electrons. The summed E-state index contributed by atoms with van der Waals surface area (Å²) in [4.78, 5) is 49.8. The van der Waals surface area contributed by atoms with Crippen molar-refractivity contribution in [3.8, 4) is 11.5 Å². The molecule has 9 nitrogen and oxygen atoms in total. The quantitative estimate of drug-likeness (QED) is 0.223. The Bertz CT molecular complexity index is 1500. The zero-order valence-corrected chi connectivity index (χ0v) is 18.6. The number of benzene rings is 4. The number of fused-ring (bicyclic) bond motifs is 1. The van der Waals surface area contributed by atoms with Crippen molar-refractivity contribution < 1.29 is 24.0 Å². The smallest absolute Gasteiger partial charge is 0.283 e. The van der Waals surface area contributed by atoms with Gasteiger partial charge in [-0.15, -0.1) is 0 Å². The highest BCUT2D eigenvalue weighted by Crippen LogP contribution is 2.34. The van der Waals surface area contributed by atoms with Crippen LogP contribution < -0.4 is 15.0 Å². The van der Waals surface area contributed by atoms with Crippen LogP contribution in [0, 0.1) is 10.1 Å². The Hall–Kier alpha value is -5.31. The van der Waals surface area contributed by atoms with E-state index >= 15 is 0 Å². The first-order valence-electron chi connectivity index (χ1n) is 10.8. The number of ether oxygens (including phenoxy) is 1. The second kappa shape index (κ2) is 9.15. The number of nitro benzene ring substituents is 1. The summed E-state index contributed by atoms with van der Waals surface area (Å²) in [6.07, 6.45) is 0. The lowest BCUT2D eigenvalue weighted by Gasteiger charge is -2.14. The maximum atomic E-state index is 12.8. The predicted molar refractivity (Wildman–Crippen MR) is 132 cm³/mol. The van der Waals surface area contributed by atoms with Gasteiger partial charge in [-0.2, -0.15) is 0 Å². The topological polar surface area (TPSA) is 119 Å². The summed E-state index contributed by atoms with van der Waals surface area (Å²) in [5.74, 6) is -0.519. The highest BCUT2D eigenvalue weighted by atomic mass is 16.6. The van der Waals surface area contributed by atoms with Crippen LogP contribution in [0.5, 0.6) is 11.5 Å². The second-order valence-corrected chi connectivity index (χ2v) is 7.84. The highest BCUT2D eigenvalue weighted by Gasteiger charge is 2.41. The van der Waals surface area contributed by atoms with E-state index in [0.717, 1.165) is 4.90 Å². The van der Waals surface area contributed by atoms with Crippen molar-refractivity contribution in [2.75, 3.05) is 10.2 Å². The molecule has 0 aliphatic carbocycles. The third kappa shape index (κ3) is 4.16. The van der Waals surface area contributed by atoms with Crippen molar-refractivity contribution in [2.24, 2.45) is 0 Å². The molecule has 5 rings (SSSR count). The Morgan fingerprint density at radius 2 is 1.44 bits per heavy atom. The molecule has 9 heteroatoms. The number of para-hydroxylation sites is 1. The number of imide groups is 1. The normalized spacial score (nSPS) is 12.3. The lowest BCUT2D eigenvalue weighted by atomic mass is 10.1. The van der Waals surface area contributed by atoms with Gasteiger partial charge in [0.15, 0.2) is 0 Å². The number of amides is 3. The largest absolute Gasteiger partial charge is 0.457 e. The molecule has 36 heavy (non-hydrogen) atoms. The second-order valence-electron chi connectivity index (χ2n) is 7.84. The molecule has 0 fully saturated rings. The van der Waals surface area contributed by atoms with E-state index < -0.39 is 28.3 Å². The SMILES string of the molecule is O=C(Nc1ccc(Oc2ccccc2)cc1)c1ccc(N2C(=O)c3cccc([N+](=O)[O-])c3C2=O)cc1. The molecule has 1 N–H and O–H groups in total. The number of nitro groups is 1. The van der Waals surface area contributed by atoms with Gasteiger partial charge in [0.2, 0.25) is 0 Å².